The third kappa shape index (κ3) is 6.12. The summed E-state index contributed by atoms with van der Waals surface area (Å²) in [7, 11) is 0. The molecule has 0 aliphatic rings. The van der Waals surface area contributed by atoms with E-state index in [9.17, 15) is 4.79 Å². The number of carboxylic acid groups (broad SMARTS) is 1. The van der Waals surface area contributed by atoms with Crippen LogP contribution in [-0.2, 0) is 4.79 Å². The summed E-state index contributed by atoms with van der Waals surface area (Å²) in [5, 5.41) is 8.50. The van der Waals surface area contributed by atoms with Crippen LogP contribution >= 0.6 is 0 Å². The molecule has 12 heavy (non-hydrogen) atoms. The fourth-order valence-electron chi connectivity index (χ4n) is 0.981. The first kappa shape index (κ1) is 11.4. The number of nitrogens with two attached hydrogens (primary N) is 1. The smallest absolute Gasteiger partial charge is 0.362 e. The van der Waals surface area contributed by atoms with E-state index in [1.54, 1.807) is 0 Å². The fourth-order valence-corrected chi connectivity index (χ4v) is 0.981. The Kier molecular flexibility index (Phi) is 5.66. The van der Waals surface area contributed by atoms with Crippen LogP contribution in [0.15, 0.2) is 0 Å². The number of rotatable bonds is 6. The van der Waals surface area contributed by atoms with Crippen molar-refractivity contribution in [1.82, 2.24) is 0 Å². The monoisotopic (exact) mass is 175 g/mol. The average molecular weight is 175 g/mol. The second-order valence-corrected chi connectivity index (χ2v) is 3.30. The molecule has 0 aromatic heterocycles. The van der Waals surface area contributed by atoms with Crippen LogP contribution in [0, 0.1) is 0 Å². The van der Waals surface area contributed by atoms with E-state index in [0.29, 0.717) is 6.42 Å². The van der Waals surface area contributed by atoms with Crippen molar-refractivity contribution >= 4 is 5.97 Å². The van der Waals surface area contributed by atoms with Gasteiger partial charge in [-0.1, -0.05) is 6.42 Å². The molecule has 0 bridgehead atoms. The lowest BCUT2D eigenvalue weighted by molar-refractivity contribution is -0.409. The van der Waals surface area contributed by atoms with Crippen molar-refractivity contribution in [2.75, 3.05) is 0 Å². The van der Waals surface area contributed by atoms with Crippen molar-refractivity contribution in [3.63, 3.8) is 0 Å². The van der Waals surface area contributed by atoms with E-state index in [4.69, 9.17) is 10.8 Å². The van der Waals surface area contributed by atoms with Gasteiger partial charge < -0.3 is 16.6 Å². The highest BCUT2D eigenvalue weighted by Crippen LogP contribution is 2.03. The van der Waals surface area contributed by atoms with Gasteiger partial charge in [-0.2, -0.15) is 0 Å². The molecular formula is C8H19N2O2+. The van der Waals surface area contributed by atoms with E-state index in [0.717, 1.165) is 19.3 Å². The molecule has 0 spiro atoms. The summed E-state index contributed by atoms with van der Waals surface area (Å²) in [6, 6.07) is -0.240. The van der Waals surface area contributed by atoms with Gasteiger partial charge in [-0.15, -0.1) is 0 Å². The molecule has 0 aliphatic heterocycles. The van der Waals surface area contributed by atoms with Gasteiger partial charge in [0.05, 0.1) is 0 Å². The molecule has 0 amide bonds. The number of carbonyl (C=O) groups is 1. The van der Waals surface area contributed by atoms with Gasteiger partial charge in [0.15, 0.2) is 6.04 Å². The summed E-state index contributed by atoms with van der Waals surface area (Å²) in [5.41, 5.74) is 9.06. The van der Waals surface area contributed by atoms with Crippen LogP contribution in [0.1, 0.15) is 32.6 Å². The predicted octanol–water partition coefficient (Wildman–Crippen LogP) is -0.411. The molecule has 0 aromatic carbocycles. The maximum atomic E-state index is 10.3. The van der Waals surface area contributed by atoms with Crippen molar-refractivity contribution in [2.45, 2.75) is 44.7 Å². The lowest BCUT2D eigenvalue weighted by Gasteiger charge is -2.05. The molecule has 0 heterocycles. The molecule has 4 nitrogen and oxygen atoms in total. The Morgan fingerprint density at radius 1 is 1.50 bits per heavy atom. The van der Waals surface area contributed by atoms with Gasteiger partial charge in [0.25, 0.3) is 0 Å². The van der Waals surface area contributed by atoms with Crippen molar-refractivity contribution in [3.05, 3.63) is 0 Å². The first-order chi connectivity index (χ1) is 5.54. The third-order valence-electron chi connectivity index (χ3n) is 1.81. The van der Waals surface area contributed by atoms with E-state index >= 15 is 0 Å². The SMILES string of the molecule is CC(N)CCCCC([NH3+])C(=O)O. The van der Waals surface area contributed by atoms with E-state index in [1.165, 1.54) is 0 Å². The van der Waals surface area contributed by atoms with Crippen LogP contribution in [0.5, 0.6) is 0 Å². The van der Waals surface area contributed by atoms with Crippen molar-refractivity contribution < 1.29 is 15.6 Å². The zero-order valence-corrected chi connectivity index (χ0v) is 7.62. The van der Waals surface area contributed by atoms with Gasteiger partial charge in [0.1, 0.15) is 0 Å². The normalized spacial score (nSPS) is 15.6. The molecule has 0 aromatic rings. The molecule has 4 heteroatoms. The highest BCUT2D eigenvalue weighted by Gasteiger charge is 2.13. The Labute approximate surface area is 72.9 Å². The van der Waals surface area contributed by atoms with E-state index in [2.05, 4.69) is 5.73 Å². The molecular weight excluding hydrogens is 156 g/mol. The van der Waals surface area contributed by atoms with Gasteiger partial charge >= 0.3 is 5.97 Å². The summed E-state index contributed by atoms with van der Waals surface area (Å²) in [6.07, 6.45) is 3.52. The van der Waals surface area contributed by atoms with Gasteiger partial charge in [-0.3, -0.25) is 0 Å². The lowest BCUT2D eigenvalue weighted by atomic mass is 10.1. The second kappa shape index (κ2) is 5.97. The number of unbranched alkanes of at least 4 members (excludes halogenated alkanes) is 1. The maximum absolute atomic E-state index is 10.3. The molecule has 0 fully saturated rings. The van der Waals surface area contributed by atoms with E-state index < -0.39 is 12.0 Å². The second-order valence-electron chi connectivity index (χ2n) is 3.30. The van der Waals surface area contributed by atoms with Crippen LogP contribution in [0.4, 0.5) is 0 Å². The molecule has 0 rings (SSSR count). The van der Waals surface area contributed by atoms with Crippen molar-refractivity contribution in [1.29, 1.82) is 0 Å². The van der Waals surface area contributed by atoms with E-state index in [-0.39, 0.29) is 6.04 Å². The Hall–Kier alpha value is -0.610. The Bertz CT molecular complexity index is 137. The average Bonchev–Trinajstić information content (AvgIpc) is 1.97. The number of carboxylic acids is 1. The Balaban J connectivity index is 3.25. The summed E-state index contributed by atoms with van der Waals surface area (Å²) in [6.45, 7) is 1.96. The highest BCUT2D eigenvalue weighted by atomic mass is 16.4. The molecule has 2 unspecified atom stereocenters. The standard InChI is InChI=1S/C8H18N2O2/c1-6(9)4-2-3-5-7(10)8(11)12/h6-7H,2-5,9-10H2,1H3,(H,11,12)/p+1. The first-order valence-electron chi connectivity index (χ1n) is 4.35. The summed E-state index contributed by atoms with van der Waals surface area (Å²) in [4.78, 5) is 10.3. The van der Waals surface area contributed by atoms with Gasteiger partial charge in [-0.05, 0) is 19.8 Å². The molecule has 0 radical (unpaired) electrons. The van der Waals surface area contributed by atoms with Gasteiger partial charge in [0, 0.05) is 12.5 Å². The molecule has 0 saturated carbocycles. The quantitative estimate of drug-likeness (QED) is 0.479. The minimum Gasteiger partial charge on any atom is -0.477 e. The topological polar surface area (TPSA) is 91.0 Å². The number of hydrogen-bond acceptors (Lipinski definition) is 2. The van der Waals surface area contributed by atoms with E-state index in [1.807, 2.05) is 6.92 Å². The predicted molar refractivity (Wildman–Crippen MR) is 46.4 cm³/mol. The molecule has 0 saturated heterocycles. The highest BCUT2D eigenvalue weighted by molar-refractivity contribution is 5.71. The Morgan fingerprint density at radius 2 is 2.00 bits per heavy atom. The van der Waals surface area contributed by atoms with Gasteiger partial charge in [0.2, 0.25) is 0 Å². The zero-order chi connectivity index (χ0) is 9.56. The summed E-state index contributed by atoms with van der Waals surface area (Å²) < 4.78 is 0. The molecule has 72 valence electrons. The van der Waals surface area contributed by atoms with Crippen LogP contribution in [0.25, 0.3) is 0 Å². The number of quaternary nitrogens is 1. The van der Waals surface area contributed by atoms with Crippen LogP contribution in [0.3, 0.4) is 0 Å². The minimum atomic E-state index is -0.809. The minimum absolute atomic E-state index is 0.220. The van der Waals surface area contributed by atoms with Crippen LogP contribution < -0.4 is 11.5 Å². The number of hydrogen-bond donors (Lipinski definition) is 3. The van der Waals surface area contributed by atoms with Gasteiger partial charge in [-0.25, -0.2) is 4.79 Å². The molecule has 0 aliphatic carbocycles. The maximum Gasteiger partial charge on any atom is 0.362 e. The fraction of sp³-hybridized carbons (Fsp3) is 0.875. The van der Waals surface area contributed by atoms with Crippen molar-refractivity contribution in [2.24, 2.45) is 5.73 Å². The lowest BCUT2D eigenvalue weighted by Crippen LogP contribution is -2.64. The zero-order valence-electron chi connectivity index (χ0n) is 7.62. The largest absolute Gasteiger partial charge is 0.477 e. The van der Waals surface area contributed by atoms with Crippen LogP contribution in [-0.4, -0.2) is 23.2 Å². The third-order valence-corrected chi connectivity index (χ3v) is 1.81. The molecule has 2 atom stereocenters. The Morgan fingerprint density at radius 3 is 2.42 bits per heavy atom. The van der Waals surface area contributed by atoms with Crippen molar-refractivity contribution in [3.8, 4) is 0 Å². The van der Waals surface area contributed by atoms with Crippen LogP contribution in [0.2, 0.25) is 0 Å². The summed E-state index contributed by atoms with van der Waals surface area (Å²) in [5.74, 6) is -0.809. The summed E-state index contributed by atoms with van der Waals surface area (Å²) >= 11 is 0. The first-order valence-corrected chi connectivity index (χ1v) is 4.35. The molecule has 6 N–H and O–H groups in total. The number of aliphatic carboxylic acids is 1.